The van der Waals surface area contributed by atoms with Crippen LogP contribution in [0.15, 0.2) is 233 Å². The molecule has 0 N–H and O–H groups in total. The van der Waals surface area contributed by atoms with Crippen LogP contribution in [0.1, 0.15) is 0 Å². The summed E-state index contributed by atoms with van der Waals surface area (Å²) in [6.45, 7) is 0. The van der Waals surface area contributed by atoms with Gasteiger partial charge in [0.05, 0.1) is 0 Å². The van der Waals surface area contributed by atoms with E-state index in [2.05, 4.69) is 211 Å². The molecule has 0 atom stereocenters. The van der Waals surface area contributed by atoms with Gasteiger partial charge in [-0.25, -0.2) is 0 Å². The van der Waals surface area contributed by atoms with Gasteiger partial charge < -0.3 is 13.7 Å². The van der Waals surface area contributed by atoms with Gasteiger partial charge in [-0.1, -0.05) is 158 Å². The Balaban J connectivity index is 1.14. The van der Waals surface area contributed by atoms with E-state index in [1.165, 1.54) is 26.3 Å². The van der Waals surface area contributed by atoms with Gasteiger partial charge in [0.1, 0.15) is 22.3 Å². The fourth-order valence-corrected chi connectivity index (χ4v) is 13.7. The second-order valence-corrected chi connectivity index (χ2v) is 18.7. The van der Waals surface area contributed by atoms with Crippen molar-refractivity contribution in [1.82, 2.24) is 0 Å². The second kappa shape index (κ2) is 14.0. The number of nitrogens with zero attached hydrogens (tertiary/aromatic N) is 1. The van der Waals surface area contributed by atoms with Crippen molar-refractivity contribution in [2.75, 3.05) is 4.90 Å². The number of benzene rings is 9. The van der Waals surface area contributed by atoms with Crippen LogP contribution in [0.5, 0.6) is 0 Å². The highest BCUT2D eigenvalue weighted by Gasteiger charge is 2.41. The molecule has 0 saturated carbocycles. The molecule has 9 aromatic carbocycles. The van der Waals surface area contributed by atoms with Crippen LogP contribution in [0.4, 0.5) is 17.1 Å². The van der Waals surface area contributed by atoms with Crippen LogP contribution in [-0.2, 0) is 0 Å². The Morgan fingerprint density at radius 1 is 0.276 bits per heavy atom. The molecule has 0 aliphatic rings. The zero-order valence-corrected chi connectivity index (χ0v) is 32.6. The molecule has 2 aromatic heterocycles. The third-order valence-electron chi connectivity index (χ3n) is 11.6. The normalized spacial score (nSPS) is 11.8. The Morgan fingerprint density at radius 3 is 1.29 bits per heavy atom. The number of furan rings is 2. The third-order valence-corrected chi connectivity index (χ3v) is 16.4. The van der Waals surface area contributed by atoms with E-state index < -0.39 is 8.07 Å². The largest absolute Gasteiger partial charge is 0.456 e. The summed E-state index contributed by atoms with van der Waals surface area (Å²) in [5, 5.41) is 9.68. The van der Waals surface area contributed by atoms with E-state index in [-0.39, 0.29) is 0 Å². The molecule has 0 aliphatic heterocycles. The molecule has 4 heteroatoms. The molecule has 0 radical (unpaired) electrons. The van der Waals surface area contributed by atoms with Crippen molar-refractivity contribution in [2.24, 2.45) is 0 Å². The average Bonchev–Trinajstić information content (AvgIpc) is 3.86. The minimum Gasteiger partial charge on any atom is -0.456 e. The minimum absolute atomic E-state index is 0.838. The van der Waals surface area contributed by atoms with Crippen LogP contribution in [0.2, 0.25) is 0 Å². The molecule has 0 fully saturated rings. The van der Waals surface area contributed by atoms with Gasteiger partial charge in [0.25, 0.3) is 0 Å². The van der Waals surface area contributed by atoms with Crippen LogP contribution in [0.3, 0.4) is 0 Å². The highest BCUT2D eigenvalue weighted by molar-refractivity contribution is 7.19. The smallest absolute Gasteiger partial charge is 0.179 e. The molecule has 0 spiro atoms. The van der Waals surface area contributed by atoms with E-state index in [1.807, 2.05) is 18.2 Å². The second-order valence-electron chi connectivity index (χ2n) is 14.9. The number of anilines is 3. The van der Waals surface area contributed by atoms with Crippen molar-refractivity contribution in [3.05, 3.63) is 224 Å². The maximum Gasteiger partial charge on any atom is 0.179 e. The summed E-state index contributed by atoms with van der Waals surface area (Å²) >= 11 is 0. The van der Waals surface area contributed by atoms with Crippen molar-refractivity contribution in [2.45, 2.75) is 0 Å². The van der Waals surface area contributed by atoms with E-state index in [4.69, 9.17) is 8.83 Å². The van der Waals surface area contributed by atoms with Crippen molar-refractivity contribution < 1.29 is 8.83 Å². The Morgan fingerprint density at radius 2 is 0.707 bits per heavy atom. The SMILES string of the molecule is c1ccc(-c2ccc3c(c2)oc2cc(N(c4cccc([Si](c5ccccc5)(c5ccccc5)c5ccccc5)c4)c4ccc5c(c4)oc4ccccc45)ccc23)cc1. The zero-order valence-electron chi connectivity index (χ0n) is 31.6. The molecule has 0 amide bonds. The standard InChI is InChI=1S/C54H37NO2Si/c1-5-16-38(17-6-1)39-28-31-48-50-33-30-42(37-54(50)57-52(48)34-39)55(41-29-32-49-47-26-13-14-27-51(47)56-53(49)36-41)40-18-15-25-46(35-40)58(43-19-7-2-8-20-43,44-21-9-3-10-22-44)45-23-11-4-12-24-45/h1-37H. The van der Waals surface area contributed by atoms with Crippen LogP contribution in [0, 0.1) is 0 Å². The van der Waals surface area contributed by atoms with Gasteiger partial charge in [-0.2, -0.15) is 0 Å². The molecule has 274 valence electrons. The van der Waals surface area contributed by atoms with Gasteiger partial charge in [-0.05, 0) is 86.5 Å². The molecule has 0 aliphatic carbocycles. The van der Waals surface area contributed by atoms with Crippen LogP contribution in [0.25, 0.3) is 55.0 Å². The van der Waals surface area contributed by atoms with Crippen LogP contribution >= 0.6 is 0 Å². The first-order chi connectivity index (χ1) is 28.7. The first kappa shape index (κ1) is 33.9. The lowest BCUT2D eigenvalue weighted by atomic mass is 10.0. The molecule has 0 unspecified atom stereocenters. The molecule has 0 saturated heterocycles. The lowest BCUT2D eigenvalue weighted by Gasteiger charge is -2.35. The summed E-state index contributed by atoms with van der Waals surface area (Å²) in [5.41, 5.74) is 8.78. The highest BCUT2D eigenvalue weighted by atomic mass is 28.3. The maximum atomic E-state index is 6.70. The van der Waals surface area contributed by atoms with Gasteiger partial charge in [0.2, 0.25) is 0 Å². The monoisotopic (exact) mass is 759 g/mol. The number of fused-ring (bicyclic) bond motifs is 6. The zero-order chi connectivity index (χ0) is 38.5. The number of hydrogen-bond donors (Lipinski definition) is 0. The molecular formula is C54H37NO2Si. The third kappa shape index (κ3) is 5.57. The fraction of sp³-hybridized carbons (Fsp3) is 0. The van der Waals surface area contributed by atoms with Gasteiger partial charge in [-0.15, -0.1) is 0 Å². The molecule has 11 aromatic rings. The molecular weight excluding hydrogens is 723 g/mol. The fourth-order valence-electron chi connectivity index (χ4n) is 8.96. The average molecular weight is 760 g/mol. The van der Waals surface area contributed by atoms with Crippen molar-refractivity contribution in [1.29, 1.82) is 0 Å². The summed E-state index contributed by atoms with van der Waals surface area (Å²) in [4.78, 5) is 2.35. The molecule has 3 nitrogen and oxygen atoms in total. The molecule has 11 rings (SSSR count). The number of hydrogen-bond acceptors (Lipinski definition) is 3. The van der Waals surface area contributed by atoms with Gasteiger partial charge in [0.15, 0.2) is 8.07 Å². The highest BCUT2D eigenvalue weighted by Crippen LogP contribution is 2.41. The van der Waals surface area contributed by atoms with Crippen molar-refractivity contribution >= 4 is 89.8 Å². The Kier molecular flexibility index (Phi) is 8.16. The van der Waals surface area contributed by atoms with Crippen LogP contribution in [-0.4, -0.2) is 8.07 Å². The van der Waals surface area contributed by atoms with Gasteiger partial charge >= 0.3 is 0 Å². The van der Waals surface area contributed by atoms with E-state index in [0.29, 0.717) is 0 Å². The summed E-state index contributed by atoms with van der Waals surface area (Å²) < 4.78 is 13.2. The van der Waals surface area contributed by atoms with Crippen molar-refractivity contribution in [3.63, 3.8) is 0 Å². The summed E-state index contributed by atoms with van der Waals surface area (Å²) in [7, 11) is -2.81. The molecule has 58 heavy (non-hydrogen) atoms. The first-order valence-electron chi connectivity index (χ1n) is 19.7. The summed E-state index contributed by atoms with van der Waals surface area (Å²) in [5.74, 6) is 0. The van der Waals surface area contributed by atoms with E-state index in [9.17, 15) is 0 Å². The summed E-state index contributed by atoms with van der Waals surface area (Å²) in [6.07, 6.45) is 0. The quantitative estimate of drug-likeness (QED) is 0.114. The summed E-state index contributed by atoms with van der Waals surface area (Å²) in [6, 6.07) is 80.8. The molecule has 2 heterocycles. The topological polar surface area (TPSA) is 29.5 Å². The maximum absolute atomic E-state index is 6.70. The lowest BCUT2D eigenvalue weighted by molar-refractivity contribution is 0.669. The Labute approximate surface area is 337 Å². The Hall–Kier alpha value is -7.40. The van der Waals surface area contributed by atoms with Gasteiger partial charge in [0, 0.05) is 50.7 Å². The minimum atomic E-state index is -2.81. The van der Waals surface area contributed by atoms with E-state index >= 15 is 0 Å². The van der Waals surface area contributed by atoms with Gasteiger partial charge in [-0.3, -0.25) is 0 Å². The predicted octanol–water partition coefficient (Wildman–Crippen LogP) is 12.0. The predicted molar refractivity (Wildman–Crippen MR) is 245 cm³/mol. The Bertz CT molecular complexity index is 3130. The molecule has 0 bridgehead atoms. The number of para-hydroxylation sites is 1. The first-order valence-corrected chi connectivity index (χ1v) is 21.7. The lowest BCUT2D eigenvalue weighted by Crippen LogP contribution is -2.74. The van der Waals surface area contributed by atoms with E-state index in [0.717, 1.165) is 66.5 Å². The van der Waals surface area contributed by atoms with Crippen LogP contribution < -0.4 is 25.6 Å². The van der Waals surface area contributed by atoms with E-state index in [1.54, 1.807) is 0 Å². The van der Waals surface area contributed by atoms with Crippen molar-refractivity contribution in [3.8, 4) is 11.1 Å². The number of rotatable bonds is 8.